The zero-order chi connectivity index (χ0) is 39.8. The lowest BCUT2D eigenvalue weighted by molar-refractivity contribution is -0.250. The Bertz CT molecular complexity index is 1650. The number of hydrogen-bond donors (Lipinski definition) is 1. The first-order chi connectivity index (χ1) is 25.8. The molecule has 10 atom stereocenters. The second-order valence-electron chi connectivity index (χ2n) is 21.4. The van der Waals surface area contributed by atoms with Crippen LogP contribution in [0.3, 0.4) is 0 Å². The maximum atomic E-state index is 14.3. The predicted octanol–water partition coefficient (Wildman–Crippen LogP) is 9.19. The SMILES string of the molecule is C=C(C)[C@@H]1CC[C@]2(CC(=O)N3CCN(Cc4ccccn4)CC3)CC[C@]3(C)[C@H](CC[C@@H]4[C@@]5(C)CC[C@H](OC(=O)CC(C)(C)C(=O)O)C(C)(C)[C@@H]5CC[C@]43C)[C@@H]12. The van der Waals surface area contributed by atoms with Crippen LogP contribution in [0, 0.1) is 62.1 Å². The van der Waals surface area contributed by atoms with Gasteiger partial charge in [-0.05, 0) is 148 Å². The molecule has 1 saturated heterocycles. The standard InChI is InChI=1S/C47H71N3O5/c1-31(2)33-15-20-47(28-38(51)50-26-24-49(25-27-50)30-32-12-10-11-23-48-32)22-21-45(8)34(40(33)47)13-14-36-44(7)18-17-37(55-39(52)29-42(3,4)41(53)54)43(5,6)35(44)16-19-46(36,45)9/h10-12,23,33-37,40H,1,13-22,24-30H2,2-9H3,(H,53,54)/t33-,34+,35-,36+,37-,40+,44-,45+,46+,47+/m0/s1. The number of fused-ring (bicyclic) bond motifs is 7. The Morgan fingerprint density at radius 1 is 0.891 bits per heavy atom. The first-order valence-corrected chi connectivity index (χ1v) is 21.8. The zero-order valence-corrected chi connectivity index (χ0v) is 35.4. The molecule has 0 unspecified atom stereocenters. The van der Waals surface area contributed by atoms with E-state index in [2.05, 4.69) is 69.0 Å². The second kappa shape index (κ2) is 14.3. The Morgan fingerprint density at radius 2 is 1.62 bits per heavy atom. The number of pyridine rings is 1. The third kappa shape index (κ3) is 6.70. The average Bonchev–Trinajstić information content (AvgIpc) is 3.50. The molecule has 6 aliphatic rings. The monoisotopic (exact) mass is 758 g/mol. The van der Waals surface area contributed by atoms with Crippen LogP contribution in [0.4, 0.5) is 0 Å². The summed E-state index contributed by atoms with van der Waals surface area (Å²) in [6.45, 7) is 26.8. The zero-order valence-electron chi connectivity index (χ0n) is 35.4. The van der Waals surface area contributed by atoms with Gasteiger partial charge in [0.1, 0.15) is 6.10 Å². The van der Waals surface area contributed by atoms with Crippen LogP contribution in [0.2, 0.25) is 0 Å². The summed E-state index contributed by atoms with van der Waals surface area (Å²) in [5.41, 5.74) is 1.64. The van der Waals surface area contributed by atoms with Crippen molar-refractivity contribution < 1.29 is 24.2 Å². The maximum absolute atomic E-state index is 14.3. The summed E-state index contributed by atoms with van der Waals surface area (Å²) in [5, 5.41) is 9.64. The predicted molar refractivity (Wildman–Crippen MR) is 216 cm³/mol. The molecule has 0 aromatic carbocycles. The van der Waals surface area contributed by atoms with Crippen molar-refractivity contribution in [2.45, 2.75) is 145 Å². The minimum absolute atomic E-state index is 0.0550. The van der Waals surface area contributed by atoms with Crippen molar-refractivity contribution in [3.05, 3.63) is 42.2 Å². The van der Waals surface area contributed by atoms with Gasteiger partial charge in [0.2, 0.25) is 5.91 Å². The van der Waals surface area contributed by atoms with Crippen molar-refractivity contribution >= 4 is 17.8 Å². The van der Waals surface area contributed by atoms with Crippen molar-refractivity contribution in [2.24, 2.45) is 62.1 Å². The van der Waals surface area contributed by atoms with E-state index in [0.717, 1.165) is 76.9 Å². The Labute approximate surface area is 331 Å². The van der Waals surface area contributed by atoms with Crippen LogP contribution in [0.25, 0.3) is 0 Å². The highest BCUT2D eigenvalue weighted by Crippen LogP contribution is 2.78. The molecule has 5 saturated carbocycles. The third-order valence-corrected chi connectivity index (χ3v) is 18.0. The molecule has 8 heteroatoms. The number of amides is 1. The number of hydrogen-bond acceptors (Lipinski definition) is 6. The highest BCUT2D eigenvalue weighted by atomic mass is 16.5. The molecule has 2 heterocycles. The van der Waals surface area contributed by atoms with E-state index in [9.17, 15) is 19.5 Å². The van der Waals surface area contributed by atoms with Crippen molar-refractivity contribution in [1.82, 2.24) is 14.8 Å². The van der Waals surface area contributed by atoms with Gasteiger partial charge < -0.3 is 14.7 Å². The summed E-state index contributed by atoms with van der Waals surface area (Å²) >= 11 is 0. The summed E-state index contributed by atoms with van der Waals surface area (Å²) in [7, 11) is 0. The van der Waals surface area contributed by atoms with Gasteiger partial charge in [-0.2, -0.15) is 0 Å². The maximum Gasteiger partial charge on any atom is 0.309 e. The molecule has 0 spiro atoms. The number of carboxylic acid groups (broad SMARTS) is 1. The minimum Gasteiger partial charge on any atom is -0.481 e. The van der Waals surface area contributed by atoms with Crippen LogP contribution in [0.15, 0.2) is 36.5 Å². The lowest BCUT2D eigenvalue weighted by Crippen LogP contribution is -2.67. The van der Waals surface area contributed by atoms with Crippen molar-refractivity contribution in [1.29, 1.82) is 0 Å². The number of carbonyl (C=O) groups is 3. The number of nitrogens with zero attached hydrogens (tertiary/aromatic N) is 3. The van der Waals surface area contributed by atoms with E-state index >= 15 is 0 Å². The lowest BCUT2D eigenvalue weighted by atomic mass is 9.32. The number of piperazine rings is 1. The molecule has 8 nitrogen and oxygen atoms in total. The summed E-state index contributed by atoms with van der Waals surface area (Å²) < 4.78 is 6.20. The van der Waals surface area contributed by atoms with Gasteiger partial charge in [0.15, 0.2) is 0 Å². The Balaban J connectivity index is 1.07. The van der Waals surface area contributed by atoms with Crippen molar-refractivity contribution in [3.63, 3.8) is 0 Å². The van der Waals surface area contributed by atoms with Crippen LogP contribution < -0.4 is 0 Å². The number of aromatic nitrogens is 1. The fraction of sp³-hybridized carbons (Fsp3) is 0.787. The molecule has 5 aliphatic carbocycles. The van der Waals surface area contributed by atoms with E-state index in [1.165, 1.54) is 31.3 Å². The average molecular weight is 758 g/mol. The summed E-state index contributed by atoms with van der Waals surface area (Å²) in [6.07, 6.45) is 13.5. The van der Waals surface area contributed by atoms with Gasteiger partial charge in [0, 0.05) is 50.8 Å². The first-order valence-electron chi connectivity index (χ1n) is 21.8. The number of allylic oxidation sites excluding steroid dienone is 1. The number of esters is 1. The lowest BCUT2D eigenvalue weighted by Gasteiger charge is -2.73. The van der Waals surface area contributed by atoms with Crippen LogP contribution in [-0.4, -0.2) is 70.0 Å². The van der Waals surface area contributed by atoms with Gasteiger partial charge in [-0.15, -0.1) is 0 Å². The summed E-state index contributed by atoms with van der Waals surface area (Å²) in [5.74, 6) is 1.59. The number of aliphatic carboxylic acids is 1. The van der Waals surface area contributed by atoms with Gasteiger partial charge in [-0.1, -0.05) is 52.8 Å². The van der Waals surface area contributed by atoms with Gasteiger partial charge >= 0.3 is 11.9 Å². The molecule has 7 rings (SSSR count). The van der Waals surface area contributed by atoms with Crippen molar-refractivity contribution in [2.75, 3.05) is 26.2 Å². The Morgan fingerprint density at radius 3 is 2.27 bits per heavy atom. The molecule has 1 N–H and O–H groups in total. The second-order valence-corrected chi connectivity index (χ2v) is 21.4. The van der Waals surface area contributed by atoms with E-state index in [-0.39, 0.29) is 39.6 Å². The molecule has 1 aliphatic heterocycles. The highest BCUT2D eigenvalue weighted by Gasteiger charge is 2.71. The van der Waals surface area contributed by atoms with Gasteiger partial charge in [0.05, 0.1) is 17.5 Å². The summed E-state index contributed by atoms with van der Waals surface area (Å²) in [4.78, 5) is 48.4. The molecule has 304 valence electrons. The van der Waals surface area contributed by atoms with Gasteiger partial charge in [-0.3, -0.25) is 24.3 Å². The van der Waals surface area contributed by atoms with Crippen molar-refractivity contribution in [3.8, 4) is 0 Å². The first kappa shape index (κ1) is 40.5. The number of carboxylic acids is 1. The Hall–Kier alpha value is -2.74. The van der Waals surface area contributed by atoms with Crippen LogP contribution in [0.5, 0.6) is 0 Å². The van der Waals surface area contributed by atoms with Crippen LogP contribution in [-0.2, 0) is 25.7 Å². The molecular formula is C47H71N3O5. The van der Waals surface area contributed by atoms with E-state index in [1.54, 1.807) is 13.8 Å². The fourth-order valence-electron chi connectivity index (χ4n) is 14.7. The minimum atomic E-state index is -1.14. The number of ether oxygens (including phenoxy) is 1. The van der Waals surface area contributed by atoms with E-state index in [0.29, 0.717) is 41.9 Å². The molecular weight excluding hydrogens is 687 g/mol. The van der Waals surface area contributed by atoms with E-state index in [4.69, 9.17) is 4.74 Å². The topological polar surface area (TPSA) is 100 Å². The van der Waals surface area contributed by atoms with E-state index in [1.807, 2.05) is 18.3 Å². The highest BCUT2D eigenvalue weighted by molar-refractivity contribution is 5.81. The fourth-order valence-corrected chi connectivity index (χ4v) is 14.7. The molecule has 55 heavy (non-hydrogen) atoms. The number of carbonyl (C=O) groups excluding carboxylic acids is 2. The molecule has 0 radical (unpaired) electrons. The molecule has 1 amide bonds. The molecule has 6 fully saturated rings. The quantitative estimate of drug-likeness (QED) is 0.198. The largest absolute Gasteiger partial charge is 0.481 e. The molecule has 1 aromatic rings. The normalized spacial score (nSPS) is 39.9. The van der Waals surface area contributed by atoms with Crippen LogP contribution in [0.1, 0.15) is 138 Å². The van der Waals surface area contributed by atoms with E-state index < -0.39 is 17.4 Å². The summed E-state index contributed by atoms with van der Waals surface area (Å²) in [6, 6.07) is 6.10. The number of rotatable bonds is 9. The van der Waals surface area contributed by atoms with Crippen LogP contribution >= 0.6 is 0 Å². The Kier molecular flexibility index (Phi) is 10.5. The van der Waals surface area contributed by atoms with Gasteiger partial charge in [-0.25, -0.2) is 0 Å². The molecule has 0 bridgehead atoms. The van der Waals surface area contributed by atoms with Gasteiger partial charge in [0.25, 0.3) is 0 Å². The third-order valence-electron chi connectivity index (χ3n) is 18.0. The smallest absolute Gasteiger partial charge is 0.309 e. The molecule has 1 aromatic heterocycles.